The summed E-state index contributed by atoms with van der Waals surface area (Å²) < 4.78 is 4.74. The molecule has 0 amide bonds. The summed E-state index contributed by atoms with van der Waals surface area (Å²) in [7, 11) is 0. The van der Waals surface area contributed by atoms with Gasteiger partial charge in [0, 0.05) is 38.2 Å². The molecule has 0 saturated carbocycles. The van der Waals surface area contributed by atoms with Gasteiger partial charge in [0.2, 0.25) is 0 Å². The van der Waals surface area contributed by atoms with Gasteiger partial charge >= 0.3 is 5.97 Å². The van der Waals surface area contributed by atoms with Gasteiger partial charge in [0.25, 0.3) is 0 Å². The van der Waals surface area contributed by atoms with E-state index in [2.05, 4.69) is 32.0 Å². The van der Waals surface area contributed by atoms with Crippen molar-refractivity contribution in [1.82, 2.24) is 15.3 Å². The lowest BCUT2D eigenvalue weighted by atomic mass is 10.3. The van der Waals surface area contributed by atoms with E-state index in [1.807, 2.05) is 0 Å². The van der Waals surface area contributed by atoms with Crippen LogP contribution in [-0.2, 0) is 9.53 Å². The van der Waals surface area contributed by atoms with E-state index in [0.717, 1.165) is 32.0 Å². The lowest BCUT2D eigenvalue weighted by molar-refractivity contribution is -0.136. The van der Waals surface area contributed by atoms with Crippen LogP contribution >= 0.6 is 0 Å². The topological polar surface area (TPSA) is 67.3 Å². The lowest BCUT2D eigenvalue weighted by Gasteiger charge is -2.28. The predicted octanol–water partition coefficient (Wildman–Crippen LogP) is -0.199. The molecule has 1 aliphatic heterocycles. The molecule has 100 valence electrons. The van der Waals surface area contributed by atoms with Crippen LogP contribution < -0.4 is 10.2 Å². The maximum absolute atomic E-state index is 11.1. The van der Waals surface area contributed by atoms with Gasteiger partial charge in [0.1, 0.15) is 17.8 Å². The number of aromatic nitrogens is 2. The van der Waals surface area contributed by atoms with Gasteiger partial charge in [-0.05, 0) is 12.8 Å². The highest BCUT2D eigenvalue weighted by atomic mass is 16.5. The Balaban J connectivity index is 2.08. The minimum Gasteiger partial charge on any atom is -0.456 e. The molecule has 2 heterocycles. The molecule has 19 heavy (non-hydrogen) atoms. The van der Waals surface area contributed by atoms with Gasteiger partial charge in [-0.2, -0.15) is 0 Å². The number of hydrogen-bond acceptors (Lipinski definition) is 6. The summed E-state index contributed by atoms with van der Waals surface area (Å²) in [5, 5.41) is 3.28. The molecule has 1 aromatic rings. The van der Waals surface area contributed by atoms with Crippen molar-refractivity contribution in [3.63, 3.8) is 0 Å². The highest BCUT2D eigenvalue weighted by Gasteiger charge is 2.11. The van der Waals surface area contributed by atoms with Crippen molar-refractivity contribution < 1.29 is 9.53 Å². The van der Waals surface area contributed by atoms with Gasteiger partial charge < -0.3 is 15.0 Å². The van der Waals surface area contributed by atoms with Crippen molar-refractivity contribution in [2.24, 2.45) is 0 Å². The van der Waals surface area contributed by atoms with Crippen molar-refractivity contribution in [1.29, 1.82) is 0 Å². The Morgan fingerprint density at radius 2 is 2.26 bits per heavy atom. The van der Waals surface area contributed by atoms with Gasteiger partial charge in [-0.3, -0.25) is 0 Å². The molecule has 6 heteroatoms. The number of hydrogen-bond donors (Lipinski definition) is 1. The van der Waals surface area contributed by atoms with E-state index in [1.54, 1.807) is 13.0 Å². The molecular formula is C13H16N4O2. The SMILES string of the molecule is CCOC(=O)C#Cc1cc(N2CCNCC2)ncn1. The minimum absolute atomic E-state index is 0.323. The van der Waals surface area contributed by atoms with E-state index in [0.29, 0.717) is 12.3 Å². The maximum Gasteiger partial charge on any atom is 0.384 e. The van der Waals surface area contributed by atoms with E-state index in [1.165, 1.54) is 6.33 Å². The summed E-state index contributed by atoms with van der Waals surface area (Å²) in [6, 6.07) is 1.79. The summed E-state index contributed by atoms with van der Waals surface area (Å²) in [5.41, 5.74) is 0.525. The number of esters is 1. The van der Waals surface area contributed by atoms with E-state index in [9.17, 15) is 4.79 Å². The second-order valence-corrected chi connectivity index (χ2v) is 3.97. The van der Waals surface area contributed by atoms with Crippen molar-refractivity contribution in [2.75, 3.05) is 37.7 Å². The molecule has 0 aromatic carbocycles. The van der Waals surface area contributed by atoms with Crippen LogP contribution in [0.4, 0.5) is 5.82 Å². The van der Waals surface area contributed by atoms with Gasteiger partial charge in [-0.15, -0.1) is 0 Å². The average molecular weight is 260 g/mol. The number of ether oxygens (including phenoxy) is 1. The van der Waals surface area contributed by atoms with Gasteiger partial charge in [0.05, 0.1) is 6.61 Å². The molecule has 0 spiro atoms. The van der Waals surface area contributed by atoms with E-state index < -0.39 is 5.97 Å². The highest BCUT2D eigenvalue weighted by molar-refractivity contribution is 5.89. The van der Waals surface area contributed by atoms with Crippen LogP contribution in [0.1, 0.15) is 12.6 Å². The first-order valence-corrected chi connectivity index (χ1v) is 6.26. The third-order valence-corrected chi connectivity index (χ3v) is 2.66. The molecule has 1 aromatic heterocycles. The van der Waals surface area contributed by atoms with Crippen LogP contribution in [-0.4, -0.2) is 48.7 Å². The fourth-order valence-corrected chi connectivity index (χ4v) is 1.76. The number of rotatable bonds is 2. The molecule has 1 aliphatic rings. The monoisotopic (exact) mass is 260 g/mol. The van der Waals surface area contributed by atoms with Crippen molar-refractivity contribution >= 4 is 11.8 Å². The Hall–Kier alpha value is -2.13. The average Bonchev–Trinajstić information content (AvgIpc) is 2.47. The smallest absolute Gasteiger partial charge is 0.384 e. The zero-order valence-electron chi connectivity index (χ0n) is 10.8. The van der Waals surface area contributed by atoms with Crippen LogP contribution in [0, 0.1) is 11.8 Å². The standard InChI is InChI=1S/C13H16N4O2/c1-2-19-13(18)4-3-11-9-12(16-10-15-11)17-7-5-14-6-8-17/h9-10,14H,2,5-8H2,1H3. The van der Waals surface area contributed by atoms with E-state index in [4.69, 9.17) is 4.74 Å². The number of nitrogens with one attached hydrogen (secondary N) is 1. The molecule has 1 N–H and O–H groups in total. The zero-order chi connectivity index (χ0) is 13.5. The second kappa shape index (κ2) is 6.71. The number of anilines is 1. The predicted molar refractivity (Wildman–Crippen MR) is 70.6 cm³/mol. The minimum atomic E-state index is -0.537. The van der Waals surface area contributed by atoms with Crippen LogP contribution in [0.5, 0.6) is 0 Å². The largest absolute Gasteiger partial charge is 0.456 e. The molecule has 0 unspecified atom stereocenters. The Labute approximate surface area is 112 Å². The first-order chi connectivity index (χ1) is 9.29. The van der Waals surface area contributed by atoms with Crippen LogP contribution in [0.3, 0.4) is 0 Å². The fourth-order valence-electron chi connectivity index (χ4n) is 1.76. The molecule has 0 atom stereocenters. The van der Waals surface area contributed by atoms with Gasteiger partial charge in [-0.25, -0.2) is 14.8 Å². The van der Waals surface area contributed by atoms with Crippen molar-refractivity contribution in [2.45, 2.75) is 6.92 Å². The summed E-state index contributed by atoms with van der Waals surface area (Å²) in [5.74, 6) is 5.39. The van der Waals surface area contributed by atoms with E-state index in [-0.39, 0.29) is 0 Å². The molecule has 0 radical (unpaired) electrons. The van der Waals surface area contributed by atoms with Crippen LogP contribution in [0.15, 0.2) is 12.4 Å². The molecule has 0 bridgehead atoms. The van der Waals surface area contributed by atoms with Crippen LogP contribution in [0.25, 0.3) is 0 Å². The third-order valence-electron chi connectivity index (χ3n) is 2.66. The third kappa shape index (κ3) is 3.93. The quantitative estimate of drug-likeness (QED) is 0.587. The molecule has 6 nitrogen and oxygen atoms in total. The first-order valence-electron chi connectivity index (χ1n) is 6.26. The van der Waals surface area contributed by atoms with E-state index >= 15 is 0 Å². The first kappa shape index (κ1) is 13.3. The number of carbonyl (C=O) groups is 1. The molecule has 0 aliphatic carbocycles. The summed E-state index contributed by atoms with van der Waals surface area (Å²) in [6.07, 6.45) is 1.46. The Kier molecular flexibility index (Phi) is 4.70. The lowest BCUT2D eigenvalue weighted by Crippen LogP contribution is -2.43. The van der Waals surface area contributed by atoms with Gasteiger partial charge in [-0.1, -0.05) is 0 Å². The number of nitrogens with zero attached hydrogens (tertiary/aromatic N) is 3. The second-order valence-electron chi connectivity index (χ2n) is 3.97. The maximum atomic E-state index is 11.1. The number of carbonyl (C=O) groups excluding carboxylic acids is 1. The molecular weight excluding hydrogens is 244 g/mol. The summed E-state index contributed by atoms with van der Waals surface area (Å²) in [4.78, 5) is 21.6. The van der Waals surface area contributed by atoms with Crippen molar-refractivity contribution in [3.05, 3.63) is 18.1 Å². The summed E-state index contributed by atoms with van der Waals surface area (Å²) in [6.45, 7) is 5.75. The van der Waals surface area contributed by atoms with Crippen molar-refractivity contribution in [3.8, 4) is 11.8 Å². The Bertz CT molecular complexity index is 501. The van der Waals surface area contributed by atoms with Gasteiger partial charge in [0.15, 0.2) is 0 Å². The zero-order valence-corrected chi connectivity index (χ0v) is 10.8. The Morgan fingerprint density at radius 3 is 3.00 bits per heavy atom. The highest BCUT2D eigenvalue weighted by Crippen LogP contribution is 2.10. The molecule has 2 rings (SSSR count). The fraction of sp³-hybridized carbons (Fsp3) is 0.462. The number of piperazine rings is 1. The summed E-state index contributed by atoms with van der Waals surface area (Å²) >= 11 is 0. The van der Waals surface area contributed by atoms with Crippen LogP contribution in [0.2, 0.25) is 0 Å². The molecule has 1 fully saturated rings. The normalized spacial score (nSPS) is 14.5. The Morgan fingerprint density at radius 1 is 1.47 bits per heavy atom. The molecule has 1 saturated heterocycles.